The number of thiophene rings is 1. The third-order valence-electron chi connectivity index (χ3n) is 3.49. The van der Waals surface area contributed by atoms with Crippen LogP contribution in [-0.4, -0.2) is 38.9 Å². The summed E-state index contributed by atoms with van der Waals surface area (Å²) in [5.41, 5.74) is 1.06. The van der Waals surface area contributed by atoms with Gasteiger partial charge in [0, 0.05) is 11.4 Å². The molecule has 1 aromatic heterocycles. The van der Waals surface area contributed by atoms with Crippen LogP contribution in [0, 0.1) is 0 Å². The molecule has 2 N–H and O–H groups in total. The topological polar surface area (TPSA) is 77.0 Å². The second-order valence-corrected chi connectivity index (χ2v) is 6.20. The van der Waals surface area contributed by atoms with Crippen LogP contribution in [0.2, 0.25) is 0 Å². The SMILES string of the molecule is COc1cc(CCNCc2ccc(C(=O)O)s2)cc(OC)c1OC. The number of hydrogen-bond acceptors (Lipinski definition) is 6. The largest absolute Gasteiger partial charge is 0.493 e. The maximum absolute atomic E-state index is 10.9. The number of carboxylic acids is 1. The Bertz CT molecular complexity index is 673. The van der Waals surface area contributed by atoms with Gasteiger partial charge < -0.3 is 24.6 Å². The van der Waals surface area contributed by atoms with Crippen LogP contribution in [0.4, 0.5) is 0 Å². The predicted octanol–water partition coefficient (Wildman–Crippen LogP) is 2.80. The van der Waals surface area contributed by atoms with Crippen molar-refractivity contribution in [2.24, 2.45) is 0 Å². The highest BCUT2D eigenvalue weighted by Crippen LogP contribution is 2.38. The van der Waals surface area contributed by atoms with E-state index in [0.29, 0.717) is 28.7 Å². The number of hydrogen-bond donors (Lipinski definition) is 2. The summed E-state index contributed by atoms with van der Waals surface area (Å²) in [6, 6.07) is 7.32. The molecule has 0 aliphatic heterocycles. The first-order valence-corrected chi connectivity index (χ1v) is 8.22. The number of aromatic carboxylic acids is 1. The molecule has 0 fully saturated rings. The van der Waals surface area contributed by atoms with Crippen LogP contribution in [0.3, 0.4) is 0 Å². The number of rotatable bonds is 9. The molecule has 0 atom stereocenters. The molecule has 0 amide bonds. The van der Waals surface area contributed by atoms with Gasteiger partial charge in [-0.1, -0.05) is 0 Å². The van der Waals surface area contributed by atoms with Crippen LogP contribution < -0.4 is 19.5 Å². The average molecular weight is 351 g/mol. The maximum atomic E-state index is 10.9. The van der Waals surface area contributed by atoms with E-state index in [1.165, 1.54) is 11.3 Å². The van der Waals surface area contributed by atoms with E-state index in [0.717, 1.165) is 23.4 Å². The van der Waals surface area contributed by atoms with Crippen molar-refractivity contribution < 1.29 is 24.1 Å². The van der Waals surface area contributed by atoms with Crippen molar-refractivity contribution in [3.63, 3.8) is 0 Å². The molecule has 24 heavy (non-hydrogen) atoms. The van der Waals surface area contributed by atoms with Gasteiger partial charge in [0.1, 0.15) is 4.88 Å². The summed E-state index contributed by atoms with van der Waals surface area (Å²) in [7, 11) is 4.76. The monoisotopic (exact) mass is 351 g/mol. The molecule has 0 bridgehead atoms. The third kappa shape index (κ3) is 4.39. The van der Waals surface area contributed by atoms with Crippen LogP contribution in [0.1, 0.15) is 20.1 Å². The Balaban J connectivity index is 1.92. The summed E-state index contributed by atoms with van der Waals surface area (Å²) in [4.78, 5) is 12.2. The molecule has 0 radical (unpaired) electrons. The Morgan fingerprint density at radius 1 is 1.12 bits per heavy atom. The molecule has 0 unspecified atom stereocenters. The van der Waals surface area contributed by atoms with Gasteiger partial charge in [-0.25, -0.2) is 4.79 Å². The van der Waals surface area contributed by atoms with Crippen LogP contribution in [-0.2, 0) is 13.0 Å². The lowest BCUT2D eigenvalue weighted by atomic mass is 10.1. The molecule has 1 aromatic carbocycles. The molecule has 1 heterocycles. The van der Waals surface area contributed by atoms with Gasteiger partial charge in [0.2, 0.25) is 5.75 Å². The van der Waals surface area contributed by atoms with E-state index in [2.05, 4.69) is 5.32 Å². The fraction of sp³-hybridized carbons (Fsp3) is 0.353. The van der Waals surface area contributed by atoms with Crippen LogP contribution in [0.5, 0.6) is 17.2 Å². The third-order valence-corrected chi connectivity index (χ3v) is 4.56. The summed E-state index contributed by atoms with van der Waals surface area (Å²) in [6.07, 6.45) is 0.786. The van der Waals surface area contributed by atoms with Gasteiger partial charge in [0.05, 0.1) is 21.3 Å². The zero-order valence-corrected chi connectivity index (χ0v) is 14.7. The number of nitrogens with one attached hydrogen (secondary N) is 1. The van der Waals surface area contributed by atoms with Crippen LogP contribution in [0.25, 0.3) is 0 Å². The Morgan fingerprint density at radius 3 is 2.29 bits per heavy atom. The van der Waals surface area contributed by atoms with E-state index in [1.54, 1.807) is 27.4 Å². The lowest BCUT2D eigenvalue weighted by Crippen LogP contribution is -2.16. The zero-order chi connectivity index (χ0) is 17.5. The Hall–Kier alpha value is -2.25. The molecule has 130 valence electrons. The molecule has 2 rings (SSSR count). The van der Waals surface area contributed by atoms with Crippen LogP contribution >= 0.6 is 11.3 Å². The van der Waals surface area contributed by atoms with Crippen molar-refractivity contribution in [3.05, 3.63) is 39.6 Å². The maximum Gasteiger partial charge on any atom is 0.345 e. The highest BCUT2D eigenvalue weighted by atomic mass is 32.1. The van der Waals surface area contributed by atoms with Crippen LogP contribution in [0.15, 0.2) is 24.3 Å². The number of ether oxygens (including phenoxy) is 3. The van der Waals surface area contributed by atoms with Gasteiger partial charge in [-0.2, -0.15) is 0 Å². The van der Waals surface area contributed by atoms with Gasteiger partial charge >= 0.3 is 5.97 Å². The highest BCUT2D eigenvalue weighted by molar-refractivity contribution is 7.13. The molecule has 2 aromatic rings. The lowest BCUT2D eigenvalue weighted by Gasteiger charge is -2.14. The van der Waals surface area contributed by atoms with E-state index < -0.39 is 5.97 Å². The fourth-order valence-corrected chi connectivity index (χ4v) is 3.13. The number of carboxylic acid groups (broad SMARTS) is 1. The van der Waals surface area contributed by atoms with Gasteiger partial charge in [-0.3, -0.25) is 0 Å². The summed E-state index contributed by atoms with van der Waals surface area (Å²) in [5, 5.41) is 12.2. The second-order valence-electron chi connectivity index (χ2n) is 5.03. The Labute approximate surface area is 145 Å². The van der Waals surface area contributed by atoms with E-state index in [-0.39, 0.29) is 0 Å². The molecule has 0 saturated heterocycles. The van der Waals surface area contributed by atoms with Gasteiger partial charge in [-0.05, 0) is 42.8 Å². The van der Waals surface area contributed by atoms with E-state index in [9.17, 15) is 4.79 Å². The molecule has 0 aliphatic rings. The average Bonchev–Trinajstić information content (AvgIpc) is 3.06. The zero-order valence-electron chi connectivity index (χ0n) is 13.9. The van der Waals surface area contributed by atoms with Crippen molar-refractivity contribution in [2.45, 2.75) is 13.0 Å². The van der Waals surface area contributed by atoms with Gasteiger partial charge in [0.15, 0.2) is 11.5 Å². The molecule has 7 heteroatoms. The standard InChI is InChI=1S/C17H21NO5S/c1-21-13-8-11(9-14(22-2)16(13)23-3)6-7-18-10-12-4-5-15(24-12)17(19)20/h4-5,8-9,18H,6-7,10H2,1-3H3,(H,19,20). The number of carbonyl (C=O) groups is 1. The molecule has 6 nitrogen and oxygen atoms in total. The Morgan fingerprint density at radius 2 is 1.79 bits per heavy atom. The van der Waals surface area contributed by atoms with Crippen molar-refractivity contribution >= 4 is 17.3 Å². The first-order chi connectivity index (χ1) is 11.6. The molecular formula is C17H21NO5S. The van der Waals surface area contributed by atoms with E-state index in [1.807, 2.05) is 18.2 Å². The lowest BCUT2D eigenvalue weighted by molar-refractivity contribution is 0.0702. The van der Waals surface area contributed by atoms with Crippen molar-refractivity contribution in [3.8, 4) is 17.2 Å². The van der Waals surface area contributed by atoms with Gasteiger partial charge in [0.25, 0.3) is 0 Å². The second kappa shape index (κ2) is 8.56. The summed E-state index contributed by atoms with van der Waals surface area (Å²) < 4.78 is 16.0. The van der Waals surface area contributed by atoms with Crippen molar-refractivity contribution in [1.82, 2.24) is 5.32 Å². The summed E-state index contributed by atoms with van der Waals surface area (Å²) in [6.45, 7) is 1.39. The molecular weight excluding hydrogens is 330 g/mol. The highest BCUT2D eigenvalue weighted by Gasteiger charge is 2.13. The first-order valence-electron chi connectivity index (χ1n) is 7.40. The van der Waals surface area contributed by atoms with Gasteiger partial charge in [-0.15, -0.1) is 11.3 Å². The molecule has 0 aliphatic carbocycles. The summed E-state index contributed by atoms with van der Waals surface area (Å²) in [5.74, 6) is 0.965. The van der Waals surface area contributed by atoms with E-state index >= 15 is 0 Å². The minimum Gasteiger partial charge on any atom is -0.493 e. The van der Waals surface area contributed by atoms with Crippen molar-refractivity contribution in [2.75, 3.05) is 27.9 Å². The number of methoxy groups -OCH3 is 3. The predicted molar refractivity (Wildman–Crippen MR) is 92.8 cm³/mol. The summed E-state index contributed by atoms with van der Waals surface area (Å²) >= 11 is 1.29. The molecule has 0 saturated carbocycles. The smallest absolute Gasteiger partial charge is 0.345 e. The van der Waals surface area contributed by atoms with Crippen molar-refractivity contribution in [1.29, 1.82) is 0 Å². The minimum atomic E-state index is -0.885. The van der Waals surface area contributed by atoms with E-state index in [4.69, 9.17) is 19.3 Å². The fourth-order valence-electron chi connectivity index (χ4n) is 2.31. The Kier molecular flexibility index (Phi) is 6.45. The first kappa shape index (κ1) is 18.1. The molecule has 0 spiro atoms. The quantitative estimate of drug-likeness (QED) is 0.677. The number of benzene rings is 1. The normalized spacial score (nSPS) is 10.5. The minimum absolute atomic E-state index is 0.358.